The molecule has 3 rings (SSSR count). The molecular formula is C22H19ClN2O2. The lowest BCUT2D eigenvalue weighted by atomic mass is 10.1. The van der Waals surface area contributed by atoms with Crippen molar-refractivity contribution >= 4 is 23.7 Å². The summed E-state index contributed by atoms with van der Waals surface area (Å²) in [7, 11) is 0. The maximum absolute atomic E-state index is 12.2. The molecular weight excluding hydrogens is 360 g/mol. The topological polar surface area (TPSA) is 50.7 Å². The van der Waals surface area contributed by atoms with E-state index in [0.717, 1.165) is 16.7 Å². The van der Waals surface area contributed by atoms with E-state index in [2.05, 4.69) is 10.5 Å². The fourth-order valence-electron chi connectivity index (χ4n) is 2.51. The average Bonchev–Trinajstić information content (AvgIpc) is 2.68. The zero-order valence-electron chi connectivity index (χ0n) is 14.9. The molecule has 1 amide bonds. The van der Waals surface area contributed by atoms with Crippen molar-refractivity contribution in [2.45, 2.75) is 13.5 Å². The monoisotopic (exact) mass is 378 g/mol. The molecule has 1 N–H and O–H groups in total. The van der Waals surface area contributed by atoms with E-state index in [4.69, 9.17) is 16.3 Å². The number of hydrazone groups is 1. The number of carbonyl (C=O) groups excluding carboxylic acids is 1. The minimum atomic E-state index is -0.240. The van der Waals surface area contributed by atoms with Gasteiger partial charge in [0.1, 0.15) is 12.4 Å². The molecule has 5 heteroatoms. The van der Waals surface area contributed by atoms with Crippen LogP contribution in [0.1, 0.15) is 27.0 Å². The van der Waals surface area contributed by atoms with Gasteiger partial charge in [-0.25, -0.2) is 5.43 Å². The van der Waals surface area contributed by atoms with E-state index in [-0.39, 0.29) is 5.91 Å². The molecule has 0 spiro atoms. The lowest BCUT2D eigenvalue weighted by molar-refractivity contribution is 0.0954. The number of nitrogens with one attached hydrogen (secondary N) is 1. The molecule has 4 nitrogen and oxygen atoms in total. The number of benzene rings is 3. The second-order valence-electron chi connectivity index (χ2n) is 5.97. The highest BCUT2D eigenvalue weighted by atomic mass is 35.5. The van der Waals surface area contributed by atoms with Gasteiger partial charge >= 0.3 is 0 Å². The zero-order chi connectivity index (χ0) is 19.1. The first kappa shape index (κ1) is 18.7. The molecule has 136 valence electrons. The van der Waals surface area contributed by atoms with E-state index < -0.39 is 0 Å². The summed E-state index contributed by atoms with van der Waals surface area (Å²) in [6.07, 6.45) is 1.58. The number of ether oxygens (including phenoxy) is 1. The summed E-state index contributed by atoms with van der Waals surface area (Å²) >= 11 is 6.14. The Morgan fingerprint density at radius 1 is 1.07 bits per heavy atom. The van der Waals surface area contributed by atoms with Gasteiger partial charge in [0.15, 0.2) is 0 Å². The van der Waals surface area contributed by atoms with E-state index in [0.29, 0.717) is 22.9 Å². The Morgan fingerprint density at radius 3 is 2.67 bits per heavy atom. The third kappa shape index (κ3) is 5.19. The maximum atomic E-state index is 12.2. The van der Waals surface area contributed by atoms with Crippen LogP contribution in [0.5, 0.6) is 5.75 Å². The fraction of sp³-hybridized carbons (Fsp3) is 0.0909. The Labute approximate surface area is 163 Å². The van der Waals surface area contributed by atoms with Crippen LogP contribution in [-0.2, 0) is 6.61 Å². The van der Waals surface area contributed by atoms with Crippen LogP contribution in [0.4, 0.5) is 0 Å². The highest BCUT2D eigenvalue weighted by molar-refractivity contribution is 6.31. The van der Waals surface area contributed by atoms with Gasteiger partial charge in [-0.05, 0) is 42.3 Å². The van der Waals surface area contributed by atoms with Crippen molar-refractivity contribution in [3.63, 3.8) is 0 Å². The van der Waals surface area contributed by atoms with Gasteiger partial charge in [0.2, 0.25) is 0 Å². The molecule has 0 fully saturated rings. The van der Waals surface area contributed by atoms with Crippen molar-refractivity contribution in [1.29, 1.82) is 0 Å². The van der Waals surface area contributed by atoms with Crippen molar-refractivity contribution in [2.24, 2.45) is 5.10 Å². The van der Waals surface area contributed by atoms with E-state index in [1.54, 1.807) is 12.3 Å². The normalized spacial score (nSPS) is 10.7. The van der Waals surface area contributed by atoms with Gasteiger partial charge in [0, 0.05) is 16.1 Å². The summed E-state index contributed by atoms with van der Waals surface area (Å²) in [4.78, 5) is 12.2. The molecule has 0 bridgehead atoms. The molecule has 0 aromatic heterocycles. The van der Waals surface area contributed by atoms with Gasteiger partial charge < -0.3 is 4.74 Å². The predicted molar refractivity (Wildman–Crippen MR) is 108 cm³/mol. The number of aryl methyl sites for hydroxylation is 1. The van der Waals surface area contributed by atoms with Crippen molar-refractivity contribution < 1.29 is 9.53 Å². The van der Waals surface area contributed by atoms with Crippen LogP contribution in [0.25, 0.3) is 0 Å². The summed E-state index contributed by atoms with van der Waals surface area (Å²) < 4.78 is 5.79. The number of hydrogen-bond acceptors (Lipinski definition) is 3. The van der Waals surface area contributed by atoms with Crippen LogP contribution >= 0.6 is 11.6 Å². The Morgan fingerprint density at radius 2 is 1.85 bits per heavy atom. The van der Waals surface area contributed by atoms with Crippen molar-refractivity contribution in [3.05, 3.63) is 100 Å². The minimum Gasteiger partial charge on any atom is -0.489 e. The van der Waals surface area contributed by atoms with Gasteiger partial charge in [-0.3, -0.25) is 4.79 Å². The second kappa shape index (κ2) is 9.01. The number of hydrogen-bond donors (Lipinski definition) is 1. The minimum absolute atomic E-state index is 0.240. The standard InChI is InChI=1S/C22H19ClN2O2/c1-16-7-2-4-11-20(16)22(26)25-24-14-17-8-6-10-19(13-17)27-15-18-9-3-5-12-21(18)23/h2-14H,15H2,1H3,(H,25,26)/b24-14-. The maximum Gasteiger partial charge on any atom is 0.271 e. The third-order valence-electron chi connectivity index (χ3n) is 3.98. The van der Waals surface area contributed by atoms with Crippen LogP contribution < -0.4 is 10.2 Å². The highest BCUT2D eigenvalue weighted by Crippen LogP contribution is 2.19. The highest BCUT2D eigenvalue weighted by Gasteiger charge is 2.06. The van der Waals surface area contributed by atoms with Crippen LogP contribution in [0, 0.1) is 6.92 Å². The number of nitrogens with zero attached hydrogens (tertiary/aromatic N) is 1. The van der Waals surface area contributed by atoms with E-state index in [1.807, 2.05) is 73.7 Å². The molecule has 0 radical (unpaired) electrons. The van der Waals surface area contributed by atoms with E-state index in [1.165, 1.54) is 0 Å². The number of carbonyl (C=O) groups is 1. The Kier molecular flexibility index (Phi) is 6.23. The largest absolute Gasteiger partial charge is 0.489 e. The third-order valence-corrected chi connectivity index (χ3v) is 4.35. The Bertz CT molecular complexity index is 970. The Balaban J connectivity index is 1.60. The van der Waals surface area contributed by atoms with Gasteiger partial charge in [-0.15, -0.1) is 0 Å². The number of halogens is 1. The van der Waals surface area contributed by atoms with Crippen LogP contribution in [0.2, 0.25) is 5.02 Å². The SMILES string of the molecule is Cc1ccccc1C(=O)N/N=C\c1cccc(OCc2ccccc2Cl)c1. The van der Waals surface area contributed by atoms with Gasteiger partial charge in [-0.2, -0.15) is 5.10 Å². The van der Waals surface area contributed by atoms with Crippen LogP contribution in [-0.4, -0.2) is 12.1 Å². The van der Waals surface area contributed by atoms with Crippen molar-refractivity contribution in [1.82, 2.24) is 5.43 Å². The lowest BCUT2D eigenvalue weighted by Gasteiger charge is -2.08. The zero-order valence-corrected chi connectivity index (χ0v) is 15.6. The number of amides is 1. The first-order chi connectivity index (χ1) is 13.1. The number of rotatable bonds is 6. The van der Waals surface area contributed by atoms with Gasteiger partial charge in [0.25, 0.3) is 5.91 Å². The van der Waals surface area contributed by atoms with Crippen LogP contribution in [0.15, 0.2) is 77.9 Å². The van der Waals surface area contributed by atoms with Gasteiger partial charge in [0.05, 0.1) is 6.21 Å². The average molecular weight is 379 g/mol. The van der Waals surface area contributed by atoms with E-state index in [9.17, 15) is 4.79 Å². The second-order valence-corrected chi connectivity index (χ2v) is 6.37. The lowest BCUT2D eigenvalue weighted by Crippen LogP contribution is -2.18. The molecule has 0 saturated carbocycles. The molecule has 0 saturated heterocycles. The Hall–Kier alpha value is -3.11. The first-order valence-electron chi connectivity index (χ1n) is 8.49. The summed E-state index contributed by atoms with van der Waals surface area (Å²) in [5.74, 6) is 0.458. The molecule has 3 aromatic carbocycles. The smallest absolute Gasteiger partial charge is 0.271 e. The molecule has 0 aliphatic heterocycles. The predicted octanol–water partition coefficient (Wildman–Crippen LogP) is 4.99. The molecule has 0 unspecified atom stereocenters. The van der Waals surface area contributed by atoms with Crippen molar-refractivity contribution in [2.75, 3.05) is 0 Å². The van der Waals surface area contributed by atoms with E-state index >= 15 is 0 Å². The summed E-state index contributed by atoms with van der Waals surface area (Å²) in [5.41, 5.74) is 5.79. The summed E-state index contributed by atoms with van der Waals surface area (Å²) in [6, 6.07) is 22.4. The van der Waals surface area contributed by atoms with Crippen molar-refractivity contribution in [3.8, 4) is 5.75 Å². The molecule has 27 heavy (non-hydrogen) atoms. The quantitative estimate of drug-likeness (QED) is 0.485. The van der Waals surface area contributed by atoms with Crippen LogP contribution in [0.3, 0.4) is 0 Å². The van der Waals surface area contributed by atoms with Gasteiger partial charge in [-0.1, -0.05) is 60.1 Å². The fourth-order valence-corrected chi connectivity index (χ4v) is 2.70. The molecule has 0 aliphatic rings. The molecule has 0 atom stereocenters. The molecule has 0 heterocycles. The molecule has 3 aromatic rings. The molecule has 0 aliphatic carbocycles. The first-order valence-corrected chi connectivity index (χ1v) is 8.86. The summed E-state index contributed by atoms with van der Waals surface area (Å²) in [5, 5.41) is 4.71. The summed E-state index contributed by atoms with van der Waals surface area (Å²) in [6.45, 7) is 2.27.